The molecule has 2 aromatic rings. The first kappa shape index (κ1) is 16.5. The summed E-state index contributed by atoms with van der Waals surface area (Å²) in [4.78, 5) is 15.7. The predicted molar refractivity (Wildman–Crippen MR) is 89.1 cm³/mol. The average Bonchev–Trinajstić information content (AvgIpc) is 2.90. The third kappa shape index (κ3) is 2.77. The lowest BCUT2D eigenvalue weighted by molar-refractivity contribution is -0.143. The zero-order valence-electron chi connectivity index (χ0n) is 13.7. The normalized spacial score (nSPS) is 16.3. The molecule has 0 saturated heterocycles. The van der Waals surface area contributed by atoms with Gasteiger partial charge in [-0.1, -0.05) is 32.0 Å². The second-order valence-corrected chi connectivity index (χ2v) is 6.58. The molecule has 1 aromatic heterocycles. The van der Waals surface area contributed by atoms with Crippen LogP contribution in [0.5, 0.6) is 0 Å². The van der Waals surface area contributed by atoms with E-state index in [9.17, 15) is 13.6 Å². The summed E-state index contributed by atoms with van der Waals surface area (Å²) in [5.74, 6) is -0.742. The number of H-pyrrole nitrogens is 1. The van der Waals surface area contributed by atoms with Crippen LogP contribution >= 0.6 is 0 Å². The standard InChI is InChI=1S/C18H20F2N2O2/c1-18(2)10-21-9-13(17(23)24-11(7-19)8-20)16-15(18)12-5-3-4-6-14(12)22-16/h3-6,9,11,21-22H,7-8,10H2,1-2H3. The Balaban J connectivity index is 2.10. The van der Waals surface area contributed by atoms with Crippen molar-refractivity contribution in [2.24, 2.45) is 0 Å². The number of fused-ring (bicyclic) bond motifs is 3. The first-order chi connectivity index (χ1) is 11.5. The van der Waals surface area contributed by atoms with E-state index < -0.39 is 25.4 Å². The van der Waals surface area contributed by atoms with Gasteiger partial charge in [-0.3, -0.25) is 0 Å². The van der Waals surface area contributed by atoms with Gasteiger partial charge in [0.15, 0.2) is 6.10 Å². The SMILES string of the molecule is CC1(C)CNC=C(C(=O)OC(CF)CF)c2[nH]c3ccccc3c21. The molecular formula is C18H20F2N2O2. The highest BCUT2D eigenvalue weighted by Gasteiger charge is 2.33. The van der Waals surface area contributed by atoms with Crippen molar-refractivity contribution in [3.05, 3.63) is 41.7 Å². The van der Waals surface area contributed by atoms with E-state index in [2.05, 4.69) is 24.1 Å². The van der Waals surface area contributed by atoms with E-state index in [1.807, 2.05) is 24.3 Å². The number of carbonyl (C=O) groups is 1. The first-order valence-electron chi connectivity index (χ1n) is 7.86. The lowest BCUT2D eigenvalue weighted by Crippen LogP contribution is -2.29. The number of nitrogens with one attached hydrogen (secondary N) is 2. The molecule has 0 amide bonds. The van der Waals surface area contributed by atoms with Crippen LogP contribution in [-0.4, -0.2) is 37.0 Å². The Morgan fingerprint density at radius 3 is 2.71 bits per heavy atom. The molecule has 0 saturated carbocycles. The number of para-hydroxylation sites is 1. The Morgan fingerprint density at radius 1 is 1.29 bits per heavy atom. The summed E-state index contributed by atoms with van der Waals surface area (Å²) < 4.78 is 30.3. The van der Waals surface area contributed by atoms with Crippen LogP contribution in [0.25, 0.3) is 16.5 Å². The molecule has 0 fully saturated rings. The van der Waals surface area contributed by atoms with E-state index in [1.54, 1.807) is 6.20 Å². The lowest BCUT2D eigenvalue weighted by atomic mass is 9.82. The molecule has 6 heteroatoms. The molecule has 2 N–H and O–H groups in total. The Kier molecular flexibility index (Phi) is 4.30. The second-order valence-electron chi connectivity index (χ2n) is 6.58. The van der Waals surface area contributed by atoms with E-state index in [-0.39, 0.29) is 11.0 Å². The van der Waals surface area contributed by atoms with Crippen LogP contribution < -0.4 is 5.32 Å². The molecule has 24 heavy (non-hydrogen) atoms. The van der Waals surface area contributed by atoms with E-state index in [0.29, 0.717) is 12.2 Å². The van der Waals surface area contributed by atoms with Crippen LogP contribution in [0.2, 0.25) is 0 Å². The largest absolute Gasteiger partial charge is 0.453 e. The molecule has 1 aliphatic rings. The Labute approximate surface area is 138 Å². The van der Waals surface area contributed by atoms with E-state index in [1.165, 1.54) is 0 Å². The molecule has 128 valence electrons. The van der Waals surface area contributed by atoms with Crippen LogP contribution in [-0.2, 0) is 14.9 Å². The molecule has 4 nitrogen and oxygen atoms in total. The maximum absolute atomic E-state index is 12.7. The third-order valence-electron chi connectivity index (χ3n) is 4.28. The third-order valence-corrected chi connectivity index (χ3v) is 4.28. The number of hydrogen-bond donors (Lipinski definition) is 2. The van der Waals surface area contributed by atoms with Crippen LogP contribution in [0.3, 0.4) is 0 Å². The molecule has 1 aromatic carbocycles. The van der Waals surface area contributed by atoms with Crippen LogP contribution in [0.1, 0.15) is 25.1 Å². The summed E-state index contributed by atoms with van der Waals surface area (Å²) in [5.41, 5.74) is 2.53. The minimum Gasteiger partial charge on any atom is -0.453 e. The number of hydrogen-bond acceptors (Lipinski definition) is 3. The first-order valence-corrected chi connectivity index (χ1v) is 7.86. The molecule has 0 spiro atoms. The molecule has 0 aliphatic carbocycles. The topological polar surface area (TPSA) is 54.1 Å². The van der Waals surface area contributed by atoms with Gasteiger partial charge in [-0.2, -0.15) is 0 Å². The summed E-state index contributed by atoms with van der Waals surface area (Å²) in [7, 11) is 0. The summed E-state index contributed by atoms with van der Waals surface area (Å²) in [6, 6.07) is 7.77. The number of esters is 1. The van der Waals surface area contributed by atoms with Gasteiger partial charge in [0.1, 0.15) is 13.3 Å². The van der Waals surface area contributed by atoms with Crippen molar-refractivity contribution in [2.45, 2.75) is 25.4 Å². The summed E-state index contributed by atoms with van der Waals surface area (Å²) in [5, 5.41) is 4.13. The van der Waals surface area contributed by atoms with E-state index in [0.717, 1.165) is 16.5 Å². The van der Waals surface area contributed by atoms with Crippen molar-refractivity contribution >= 4 is 22.4 Å². The molecule has 0 bridgehead atoms. The molecular weight excluding hydrogens is 314 g/mol. The molecule has 0 atom stereocenters. The number of halogens is 2. The van der Waals surface area contributed by atoms with Crippen LogP contribution in [0, 0.1) is 0 Å². The minimum atomic E-state index is -1.37. The molecule has 2 heterocycles. The maximum Gasteiger partial charge on any atom is 0.342 e. The number of carbonyl (C=O) groups excluding carboxylic acids is 1. The summed E-state index contributed by atoms with van der Waals surface area (Å²) in [6.07, 6.45) is 0.182. The molecule has 1 aliphatic heterocycles. The average molecular weight is 334 g/mol. The van der Waals surface area contributed by atoms with Gasteiger partial charge in [-0.05, 0) is 11.6 Å². The molecule has 0 radical (unpaired) electrons. The van der Waals surface area contributed by atoms with Gasteiger partial charge in [-0.25, -0.2) is 13.6 Å². The van der Waals surface area contributed by atoms with Crippen molar-refractivity contribution in [1.29, 1.82) is 0 Å². The van der Waals surface area contributed by atoms with Gasteiger partial charge < -0.3 is 15.0 Å². The summed E-state index contributed by atoms with van der Waals surface area (Å²) >= 11 is 0. The molecule has 0 unspecified atom stereocenters. The van der Waals surface area contributed by atoms with Gasteiger partial charge in [0.05, 0.1) is 11.3 Å². The smallest absolute Gasteiger partial charge is 0.342 e. The van der Waals surface area contributed by atoms with E-state index >= 15 is 0 Å². The fourth-order valence-electron chi connectivity index (χ4n) is 3.10. The Morgan fingerprint density at radius 2 is 2.00 bits per heavy atom. The zero-order valence-corrected chi connectivity index (χ0v) is 13.7. The highest BCUT2D eigenvalue weighted by atomic mass is 19.1. The van der Waals surface area contributed by atoms with Gasteiger partial charge in [0.25, 0.3) is 0 Å². The number of rotatable bonds is 4. The molecule has 3 rings (SSSR count). The highest BCUT2D eigenvalue weighted by Crippen LogP contribution is 2.38. The lowest BCUT2D eigenvalue weighted by Gasteiger charge is -2.24. The minimum absolute atomic E-state index is 0.243. The number of aromatic amines is 1. The van der Waals surface area contributed by atoms with Crippen molar-refractivity contribution in [3.8, 4) is 0 Å². The predicted octanol–water partition coefficient (Wildman–Crippen LogP) is 3.24. The Bertz CT molecular complexity index is 791. The van der Waals surface area contributed by atoms with Crippen molar-refractivity contribution in [2.75, 3.05) is 19.9 Å². The fraction of sp³-hybridized carbons (Fsp3) is 0.389. The second kappa shape index (κ2) is 6.26. The number of aromatic nitrogens is 1. The number of ether oxygens (including phenoxy) is 1. The van der Waals surface area contributed by atoms with Crippen molar-refractivity contribution in [1.82, 2.24) is 10.3 Å². The number of alkyl halides is 2. The Hall–Kier alpha value is -2.37. The monoisotopic (exact) mass is 334 g/mol. The fourth-order valence-corrected chi connectivity index (χ4v) is 3.10. The van der Waals surface area contributed by atoms with Gasteiger partial charge in [0, 0.05) is 29.1 Å². The van der Waals surface area contributed by atoms with Crippen LogP contribution in [0.15, 0.2) is 30.5 Å². The number of benzene rings is 1. The highest BCUT2D eigenvalue weighted by molar-refractivity contribution is 6.18. The zero-order chi connectivity index (χ0) is 17.3. The van der Waals surface area contributed by atoms with Crippen LogP contribution in [0.4, 0.5) is 8.78 Å². The van der Waals surface area contributed by atoms with Gasteiger partial charge >= 0.3 is 5.97 Å². The quantitative estimate of drug-likeness (QED) is 0.844. The maximum atomic E-state index is 12.7. The van der Waals surface area contributed by atoms with E-state index in [4.69, 9.17) is 4.74 Å². The van der Waals surface area contributed by atoms with Gasteiger partial charge in [0.2, 0.25) is 0 Å². The van der Waals surface area contributed by atoms with Crippen molar-refractivity contribution < 1.29 is 18.3 Å². The summed E-state index contributed by atoms with van der Waals surface area (Å²) in [6.45, 7) is 2.68. The van der Waals surface area contributed by atoms with Crippen molar-refractivity contribution in [3.63, 3.8) is 0 Å². The van der Waals surface area contributed by atoms with Gasteiger partial charge in [-0.15, -0.1) is 0 Å².